The van der Waals surface area contributed by atoms with Gasteiger partial charge in [0.05, 0.1) is 0 Å². The first-order valence-electron chi connectivity index (χ1n) is 4.69. The van der Waals surface area contributed by atoms with Crippen molar-refractivity contribution in [1.82, 2.24) is 4.98 Å². The van der Waals surface area contributed by atoms with Gasteiger partial charge in [-0.15, -0.1) is 0 Å². The van der Waals surface area contributed by atoms with Gasteiger partial charge in [-0.05, 0) is 41.3 Å². The summed E-state index contributed by atoms with van der Waals surface area (Å²) in [4.78, 5) is 4.18. The Labute approximate surface area is 91.8 Å². The quantitative estimate of drug-likeness (QED) is 0.881. The lowest BCUT2D eigenvalue weighted by atomic mass is 9.90. The maximum atomic E-state index is 5.67. The van der Waals surface area contributed by atoms with Gasteiger partial charge in [0, 0.05) is 22.8 Å². The Morgan fingerprint density at radius 2 is 2.29 bits per heavy atom. The fourth-order valence-corrected chi connectivity index (χ4v) is 1.67. The molecule has 1 saturated carbocycles. The number of ether oxygens (including phenoxy) is 1. The summed E-state index contributed by atoms with van der Waals surface area (Å²) in [5.41, 5.74) is 6.81. The molecule has 14 heavy (non-hydrogen) atoms. The standard InChI is InChI=1S/C10H13BrN2O/c1-6-2-10(13-5-9(6)11)14-8-3-7(12)4-8/h2,5,7-8H,3-4,12H2,1H3. The van der Waals surface area contributed by atoms with E-state index in [1.807, 2.05) is 13.0 Å². The second kappa shape index (κ2) is 3.87. The summed E-state index contributed by atoms with van der Waals surface area (Å²) in [6, 6.07) is 2.25. The minimum absolute atomic E-state index is 0.262. The molecule has 4 heteroatoms. The lowest BCUT2D eigenvalue weighted by Crippen LogP contribution is -2.43. The molecule has 1 aliphatic rings. The van der Waals surface area contributed by atoms with Gasteiger partial charge in [-0.3, -0.25) is 0 Å². The lowest BCUT2D eigenvalue weighted by Gasteiger charge is -2.32. The average Bonchev–Trinajstić information content (AvgIpc) is 2.09. The predicted molar refractivity (Wildman–Crippen MR) is 58.3 cm³/mol. The number of hydrogen-bond donors (Lipinski definition) is 1. The summed E-state index contributed by atoms with van der Waals surface area (Å²) < 4.78 is 6.65. The van der Waals surface area contributed by atoms with E-state index in [1.54, 1.807) is 6.20 Å². The van der Waals surface area contributed by atoms with Gasteiger partial charge in [-0.1, -0.05) is 0 Å². The SMILES string of the molecule is Cc1cc(OC2CC(N)C2)ncc1Br. The monoisotopic (exact) mass is 256 g/mol. The van der Waals surface area contributed by atoms with Crippen molar-refractivity contribution in [2.45, 2.75) is 31.9 Å². The smallest absolute Gasteiger partial charge is 0.213 e. The number of nitrogens with zero attached hydrogens (tertiary/aromatic N) is 1. The van der Waals surface area contributed by atoms with Crippen LogP contribution in [0.5, 0.6) is 5.88 Å². The summed E-state index contributed by atoms with van der Waals surface area (Å²) in [5, 5.41) is 0. The van der Waals surface area contributed by atoms with Crippen molar-refractivity contribution in [3.05, 3.63) is 22.3 Å². The number of rotatable bonds is 2. The van der Waals surface area contributed by atoms with Gasteiger partial charge in [-0.2, -0.15) is 0 Å². The zero-order valence-electron chi connectivity index (χ0n) is 8.03. The predicted octanol–water partition coefficient (Wildman–Crippen LogP) is 2.02. The fraction of sp³-hybridized carbons (Fsp3) is 0.500. The molecule has 0 atom stereocenters. The Hall–Kier alpha value is -0.610. The molecule has 0 saturated heterocycles. The number of aryl methyl sites for hydroxylation is 1. The van der Waals surface area contributed by atoms with Crippen molar-refractivity contribution >= 4 is 15.9 Å². The highest BCUT2D eigenvalue weighted by atomic mass is 79.9. The zero-order valence-corrected chi connectivity index (χ0v) is 9.62. The Balaban J connectivity index is 2.00. The molecule has 1 heterocycles. The van der Waals surface area contributed by atoms with Crippen LogP contribution in [0.4, 0.5) is 0 Å². The van der Waals surface area contributed by atoms with Gasteiger partial charge < -0.3 is 10.5 Å². The molecule has 76 valence electrons. The molecular weight excluding hydrogens is 244 g/mol. The highest BCUT2D eigenvalue weighted by Crippen LogP contribution is 2.25. The van der Waals surface area contributed by atoms with E-state index < -0.39 is 0 Å². The number of nitrogens with two attached hydrogens (primary N) is 1. The lowest BCUT2D eigenvalue weighted by molar-refractivity contribution is 0.0957. The van der Waals surface area contributed by atoms with Crippen molar-refractivity contribution in [3.8, 4) is 5.88 Å². The molecule has 0 unspecified atom stereocenters. The normalized spacial score (nSPS) is 25.6. The maximum absolute atomic E-state index is 5.67. The van der Waals surface area contributed by atoms with Crippen molar-refractivity contribution in [3.63, 3.8) is 0 Å². The van der Waals surface area contributed by atoms with E-state index in [-0.39, 0.29) is 6.10 Å². The van der Waals surface area contributed by atoms with Crippen LogP contribution in [0.25, 0.3) is 0 Å². The topological polar surface area (TPSA) is 48.1 Å². The second-order valence-corrected chi connectivity index (χ2v) is 4.60. The molecule has 0 aliphatic heterocycles. The minimum atomic E-state index is 0.262. The molecule has 0 amide bonds. The number of pyridine rings is 1. The first-order valence-corrected chi connectivity index (χ1v) is 5.49. The average molecular weight is 257 g/mol. The Morgan fingerprint density at radius 3 is 2.86 bits per heavy atom. The molecule has 3 nitrogen and oxygen atoms in total. The molecule has 2 rings (SSSR count). The van der Waals surface area contributed by atoms with Crippen LogP contribution in [0, 0.1) is 6.92 Å². The third-order valence-electron chi connectivity index (χ3n) is 2.44. The van der Waals surface area contributed by atoms with Gasteiger partial charge in [0.15, 0.2) is 0 Å². The molecule has 1 aromatic rings. The molecular formula is C10H13BrN2O. The van der Waals surface area contributed by atoms with Crippen LogP contribution in [0.3, 0.4) is 0 Å². The van der Waals surface area contributed by atoms with E-state index >= 15 is 0 Å². The highest BCUT2D eigenvalue weighted by Gasteiger charge is 2.27. The van der Waals surface area contributed by atoms with E-state index in [2.05, 4.69) is 20.9 Å². The van der Waals surface area contributed by atoms with Gasteiger partial charge in [0.2, 0.25) is 5.88 Å². The fourth-order valence-electron chi connectivity index (χ4n) is 1.45. The van der Waals surface area contributed by atoms with Gasteiger partial charge in [-0.25, -0.2) is 4.98 Å². The van der Waals surface area contributed by atoms with Crippen LogP contribution in [-0.2, 0) is 0 Å². The summed E-state index contributed by atoms with van der Waals surface area (Å²) in [6.07, 6.45) is 3.91. The van der Waals surface area contributed by atoms with E-state index in [9.17, 15) is 0 Å². The molecule has 0 aromatic carbocycles. The van der Waals surface area contributed by atoms with E-state index in [0.717, 1.165) is 22.9 Å². The maximum Gasteiger partial charge on any atom is 0.213 e. The molecule has 0 spiro atoms. The Kier molecular flexibility index (Phi) is 2.74. The van der Waals surface area contributed by atoms with E-state index in [4.69, 9.17) is 10.5 Å². The van der Waals surface area contributed by atoms with Crippen LogP contribution >= 0.6 is 15.9 Å². The number of halogens is 1. The Morgan fingerprint density at radius 1 is 1.57 bits per heavy atom. The summed E-state index contributed by atoms with van der Waals surface area (Å²) in [6.45, 7) is 2.02. The summed E-state index contributed by atoms with van der Waals surface area (Å²) >= 11 is 3.40. The van der Waals surface area contributed by atoms with Crippen molar-refractivity contribution in [1.29, 1.82) is 0 Å². The van der Waals surface area contributed by atoms with E-state index in [1.165, 1.54) is 0 Å². The first-order chi connectivity index (χ1) is 6.65. The van der Waals surface area contributed by atoms with Gasteiger partial charge in [0.1, 0.15) is 6.10 Å². The molecule has 1 fully saturated rings. The van der Waals surface area contributed by atoms with Crippen molar-refractivity contribution in [2.24, 2.45) is 5.73 Å². The molecule has 2 N–H and O–H groups in total. The zero-order chi connectivity index (χ0) is 10.1. The van der Waals surface area contributed by atoms with Crippen LogP contribution in [0.15, 0.2) is 16.7 Å². The highest BCUT2D eigenvalue weighted by molar-refractivity contribution is 9.10. The van der Waals surface area contributed by atoms with Crippen LogP contribution in [-0.4, -0.2) is 17.1 Å². The Bertz CT molecular complexity index is 337. The van der Waals surface area contributed by atoms with Crippen LogP contribution in [0.1, 0.15) is 18.4 Å². The molecule has 1 aliphatic carbocycles. The summed E-state index contributed by atoms with van der Waals surface area (Å²) in [5.74, 6) is 0.697. The molecule has 0 bridgehead atoms. The molecule has 1 aromatic heterocycles. The first kappa shape index (κ1) is 9.93. The van der Waals surface area contributed by atoms with Crippen LogP contribution in [0.2, 0.25) is 0 Å². The number of hydrogen-bond acceptors (Lipinski definition) is 3. The van der Waals surface area contributed by atoms with Crippen molar-refractivity contribution in [2.75, 3.05) is 0 Å². The summed E-state index contributed by atoms with van der Waals surface area (Å²) in [7, 11) is 0. The van der Waals surface area contributed by atoms with Gasteiger partial charge in [0.25, 0.3) is 0 Å². The van der Waals surface area contributed by atoms with Crippen molar-refractivity contribution < 1.29 is 4.74 Å². The van der Waals surface area contributed by atoms with E-state index in [0.29, 0.717) is 11.9 Å². The minimum Gasteiger partial charge on any atom is -0.474 e. The van der Waals surface area contributed by atoms with Crippen LogP contribution < -0.4 is 10.5 Å². The number of aromatic nitrogens is 1. The largest absolute Gasteiger partial charge is 0.474 e. The second-order valence-electron chi connectivity index (χ2n) is 3.74. The van der Waals surface area contributed by atoms with Gasteiger partial charge >= 0.3 is 0 Å². The third-order valence-corrected chi connectivity index (χ3v) is 3.27. The molecule has 0 radical (unpaired) electrons. The third kappa shape index (κ3) is 2.07.